The van der Waals surface area contributed by atoms with Gasteiger partial charge in [0.25, 0.3) is 0 Å². The SMILES string of the molecule is C=C1CC2CC3CC1CC(O)(C2)C3. The summed E-state index contributed by atoms with van der Waals surface area (Å²) in [6, 6.07) is 0. The van der Waals surface area contributed by atoms with Gasteiger partial charge in [0.2, 0.25) is 0 Å². The standard InChI is InChI=1S/C12H18O/c1-8-2-9-3-10-4-11(8)7-12(13,5-9)6-10/h9-11,13H,1-7H2. The topological polar surface area (TPSA) is 20.2 Å². The molecule has 0 aromatic rings. The van der Waals surface area contributed by atoms with Crippen LogP contribution in [0.5, 0.6) is 0 Å². The molecule has 4 saturated carbocycles. The molecule has 4 unspecified atom stereocenters. The molecule has 0 aromatic carbocycles. The van der Waals surface area contributed by atoms with Gasteiger partial charge >= 0.3 is 0 Å². The van der Waals surface area contributed by atoms with Crippen molar-refractivity contribution in [3.63, 3.8) is 0 Å². The second-order valence-electron chi connectivity index (χ2n) is 5.60. The van der Waals surface area contributed by atoms with E-state index in [1.54, 1.807) is 0 Å². The summed E-state index contributed by atoms with van der Waals surface area (Å²) in [6.07, 6.45) is 7.02. The van der Waals surface area contributed by atoms with Crippen LogP contribution in [-0.4, -0.2) is 10.7 Å². The molecule has 4 aliphatic carbocycles. The Balaban J connectivity index is 2.00. The Kier molecular flexibility index (Phi) is 1.48. The van der Waals surface area contributed by atoms with Gasteiger partial charge in [0, 0.05) is 0 Å². The fraction of sp³-hybridized carbons (Fsp3) is 0.833. The summed E-state index contributed by atoms with van der Waals surface area (Å²) in [5, 5.41) is 10.4. The van der Waals surface area contributed by atoms with Crippen LogP contribution in [0.2, 0.25) is 0 Å². The fourth-order valence-electron chi connectivity index (χ4n) is 4.09. The van der Waals surface area contributed by atoms with Gasteiger partial charge in [0.05, 0.1) is 5.60 Å². The second-order valence-corrected chi connectivity index (χ2v) is 5.60. The van der Waals surface area contributed by atoms with Crippen LogP contribution in [0.25, 0.3) is 0 Å². The highest BCUT2D eigenvalue weighted by molar-refractivity contribution is 5.14. The largest absolute Gasteiger partial charge is 0.390 e. The van der Waals surface area contributed by atoms with E-state index < -0.39 is 0 Å². The van der Waals surface area contributed by atoms with Gasteiger partial charge in [-0.1, -0.05) is 12.2 Å². The number of hydrogen-bond donors (Lipinski definition) is 1. The molecule has 72 valence electrons. The summed E-state index contributed by atoms with van der Waals surface area (Å²) < 4.78 is 0. The highest BCUT2D eigenvalue weighted by atomic mass is 16.3. The summed E-state index contributed by atoms with van der Waals surface area (Å²) in [6.45, 7) is 4.19. The Morgan fingerprint density at radius 3 is 2.69 bits per heavy atom. The molecule has 4 atom stereocenters. The average Bonchev–Trinajstić information content (AvgIpc) is 2.12. The highest BCUT2D eigenvalue weighted by Crippen LogP contribution is 2.54. The van der Waals surface area contributed by atoms with Gasteiger partial charge in [0.1, 0.15) is 0 Å². The Morgan fingerprint density at radius 1 is 1.15 bits per heavy atom. The van der Waals surface area contributed by atoms with E-state index in [4.69, 9.17) is 0 Å². The van der Waals surface area contributed by atoms with Crippen molar-refractivity contribution < 1.29 is 5.11 Å². The van der Waals surface area contributed by atoms with E-state index in [1.807, 2.05) is 0 Å². The minimum atomic E-state index is -0.296. The number of hydrogen-bond acceptors (Lipinski definition) is 1. The molecule has 0 radical (unpaired) electrons. The first kappa shape index (κ1) is 8.05. The number of aliphatic hydroxyl groups is 1. The molecule has 0 amide bonds. The van der Waals surface area contributed by atoms with E-state index >= 15 is 0 Å². The molecule has 13 heavy (non-hydrogen) atoms. The maximum atomic E-state index is 10.4. The summed E-state index contributed by atoms with van der Waals surface area (Å²) in [5.41, 5.74) is 1.14. The van der Waals surface area contributed by atoms with E-state index in [9.17, 15) is 5.11 Å². The van der Waals surface area contributed by atoms with Gasteiger partial charge in [-0.25, -0.2) is 0 Å². The Labute approximate surface area is 79.8 Å². The molecule has 0 aromatic heterocycles. The average molecular weight is 178 g/mol. The Hall–Kier alpha value is -0.300. The second kappa shape index (κ2) is 2.38. The van der Waals surface area contributed by atoms with Crippen molar-refractivity contribution in [1.29, 1.82) is 0 Å². The van der Waals surface area contributed by atoms with Crippen LogP contribution in [0.3, 0.4) is 0 Å². The molecule has 0 spiro atoms. The van der Waals surface area contributed by atoms with Gasteiger partial charge in [-0.3, -0.25) is 0 Å². The molecule has 0 heterocycles. The van der Waals surface area contributed by atoms with Crippen LogP contribution < -0.4 is 0 Å². The molecule has 1 N–H and O–H groups in total. The Morgan fingerprint density at radius 2 is 1.92 bits per heavy atom. The summed E-state index contributed by atoms with van der Waals surface area (Å²) in [5.74, 6) is 2.21. The first-order valence-electron chi connectivity index (χ1n) is 5.55. The summed E-state index contributed by atoms with van der Waals surface area (Å²) in [4.78, 5) is 0. The zero-order chi connectivity index (χ0) is 9.05. The predicted molar refractivity (Wildman–Crippen MR) is 52.3 cm³/mol. The fourth-order valence-corrected chi connectivity index (χ4v) is 4.09. The minimum Gasteiger partial charge on any atom is -0.390 e. The van der Waals surface area contributed by atoms with Crippen LogP contribution in [-0.2, 0) is 0 Å². The zero-order valence-electron chi connectivity index (χ0n) is 8.13. The van der Waals surface area contributed by atoms with Crippen LogP contribution in [0.1, 0.15) is 38.5 Å². The number of allylic oxidation sites excluding steroid dienone is 1. The van der Waals surface area contributed by atoms with Gasteiger partial charge in [-0.15, -0.1) is 0 Å². The lowest BCUT2D eigenvalue weighted by atomic mass is 9.65. The molecule has 4 fully saturated rings. The van der Waals surface area contributed by atoms with Crippen molar-refractivity contribution in [2.45, 2.75) is 44.1 Å². The normalized spacial score (nSPS) is 53.9. The quantitative estimate of drug-likeness (QED) is 0.565. The van der Waals surface area contributed by atoms with Crippen molar-refractivity contribution >= 4 is 0 Å². The van der Waals surface area contributed by atoms with Crippen LogP contribution in [0, 0.1) is 17.8 Å². The first-order valence-corrected chi connectivity index (χ1v) is 5.55. The van der Waals surface area contributed by atoms with E-state index in [1.165, 1.54) is 24.8 Å². The minimum absolute atomic E-state index is 0.296. The molecule has 1 heteroatoms. The van der Waals surface area contributed by atoms with E-state index in [0.29, 0.717) is 5.92 Å². The van der Waals surface area contributed by atoms with Crippen LogP contribution in [0.4, 0.5) is 0 Å². The van der Waals surface area contributed by atoms with Crippen molar-refractivity contribution in [1.82, 2.24) is 0 Å². The molecule has 4 bridgehead atoms. The number of fused-ring (bicyclic) bond motifs is 1. The third-order valence-electron chi connectivity index (χ3n) is 4.38. The van der Waals surface area contributed by atoms with Crippen molar-refractivity contribution in [2.75, 3.05) is 0 Å². The molecular formula is C12H18O. The van der Waals surface area contributed by atoms with Crippen LogP contribution >= 0.6 is 0 Å². The molecule has 0 saturated heterocycles. The van der Waals surface area contributed by atoms with E-state index in [-0.39, 0.29) is 5.60 Å². The van der Waals surface area contributed by atoms with E-state index in [0.717, 1.165) is 31.1 Å². The highest BCUT2D eigenvalue weighted by Gasteiger charge is 2.48. The van der Waals surface area contributed by atoms with Crippen molar-refractivity contribution in [3.05, 3.63) is 12.2 Å². The monoisotopic (exact) mass is 178 g/mol. The third-order valence-corrected chi connectivity index (χ3v) is 4.38. The van der Waals surface area contributed by atoms with Crippen LogP contribution in [0.15, 0.2) is 12.2 Å². The van der Waals surface area contributed by atoms with Gasteiger partial charge in [-0.05, 0) is 56.3 Å². The van der Waals surface area contributed by atoms with Crippen molar-refractivity contribution in [2.24, 2.45) is 17.8 Å². The number of rotatable bonds is 0. The molecular weight excluding hydrogens is 160 g/mol. The Bertz CT molecular complexity index is 258. The maximum Gasteiger partial charge on any atom is 0.0659 e. The summed E-state index contributed by atoms with van der Waals surface area (Å²) >= 11 is 0. The van der Waals surface area contributed by atoms with Gasteiger partial charge in [0.15, 0.2) is 0 Å². The molecule has 0 aliphatic heterocycles. The van der Waals surface area contributed by atoms with Crippen molar-refractivity contribution in [3.8, 4) is 0 Å². The zero-order valence-corrected chi connectivity index (χ0v) is 8.13. The lowest BCUT2D eigenvalue weighted by molar-refractivity contribution is -0.0689. The molecule has 4 aliphatic rings. The predicted octanol–water partition coefficient (Wildman–Crippen LogP) is 2.50. The molecule has 4 rings (SSSR count). The van der Waals surface area contributed by atoms with E-state index in [2.05, 4.69) is 6.58 Å². The maximum absolute atomic E-state index is 10.4. The molecule has 1 nitrogen and oxygen atoms in total. The lowest BCUT2D eigenvalue weighted by Crippen LogP contribution is -2.42. The summed E-state index contributed by atoms with van der Waals surface area (Å²) in [7, 11) is 0. The first-order chi connectivity index (χ1) is 6.15. The smallest absolute Gasteiger partial charge is 0.0659 e. The van der Waals surface area contributed by atoms with Gasteiger partial charge < -0.3 is 5.11 Å². The third kappa shape index (κ3) is 1.17. The lowest BCUT2D eigenvalue weighted by Gasteiger charge is -2.44. The van der Waals surface area contributed by atoms with Gasteiger partial charge in [-0.2, -0.15) is 0 Å².